The Morgan fingerprint density at radius 2 is 2.04 bits per heavy atom. The quantitative estimate of drug-likeness (QED) is 0.588. The van der Waals surface area contributed by atoms with Crippen LogP contribution in [-0.4, -0.2) is 38.3 Å². The third kappa shape index (κ3) is 4.67. The third-order valence-electron chi connectivity index (χ3n) is 3.83. The molecule has 0 radical (unpaired) electrons. The van der Waals surface area contributed by atoms with Crippen molar-refractivity contribution in [2.75, 3.05) is 12.4 Å². The molecule has 0 saturated carbocycles. The van der Waals surface area contributed by atoms with Gasteiger partial charge in [0.15, 0.2) is 11.0 Å². The van der Waals surface area contributed by atoms with E-state index < -0.39 is 6.10 Å². The number of aromatic nitrogens is 3. The van der Waals surface area contributed by atoms with Gasteiger partial charge >= 0.3 is 0 Å². The molecule has 0 spiro atoms. The Morgan fingerprint density at radius 1 is 1.27 bits per heavy atom. The van der Waals surface area contributed by atoms with E-state index in [9.17, 15) is 5.11 Å². The van der Waals surface area contributed by atoms with Crippen molar-refractivity contribution in [1.29, 1.82) is 0 Å². The van der Waals surface area contributed by atoms with Gasteiger partial charge in [-0.3, -0.25) is 0 Å². The van der Waals surface area contributed by atoms with Crippen LogP contribution in [0, 0.1) is 6.92 Å². The maximum Gasteiger partial charge on any atom is 0.191 e. The summed E-state index contributed by atoms with van der Waals surface area (Å²) in [5.41, 5.74) is 1.93. The number of benzene rings is 1. The number of rotatable bonds is 8. The lowest BCUT2D eigenvalue weighted by Gasteiger charge is -2.11. The molecule has 0 unspecified atom stereocenters. The van der Waals surface area contributed by atoms with Gasteiger partial charge in [0.25, 0.3) is 0 Å². The van der Waals surface area contributed by atoms with Gasteiger partial charge in [-0.25, -0.2) is 0 Å². The predicted molar refractivity (Wildman–Crippen MR) is 101 cm³/mol. The molecule has 0 amide bonds. The molecule has 8 heteroatoms. The van der Waals surface area contributed by atoms with Crippen LogP contribution >= 0.6 is 23.4 Å². The molecule has 0 bridgehead atoms. The number of ether oxygens (including phenoxy) is 1. The van der Waals surface area contributed by atoms with Crippen molar-refractivity contribution in [2.45, 2.75) is 24.8 Å². The first-order chi connectivity index (χ1) is 12.5. The molecule has 0 fully saturated rings. The highest BCUT2D eigenvalue weighted by Crippen LogP contribution is 2.26. The minimum Gasteiger partial charge on any atom is -0.469 e. The summed E-state index contributed by atoms with van der Waals surface area (Å²) in [5, 5.41) is 20.0. The minimum absolute atomic E-state index is 0.251. The average Bonchev–Trinajstić information content (AvgIpc) is 3.20. The Balaban J connectivity index is 1.47. The van der Waals surface area contributed by atoms with Crippen LogP contribution in [0.2, 0.25) is 5.02 Å². The van der Waals surface area contributed by atoms with Crippen molar-refractivity contribution in [3.8, 4) is 11.4 Å². The molecule has 0 saturated heterocycles. The molecule has 2 heterocycles. The second-order valence-electron chi connectivity index (χ2n) is 5.86. The van der Waals surface area contributed by atoms with Gasteiger partial charge in [-0.2, -0.15) is 0 Å². The Hall–Kier alpha value is -1.80. The van der Waals surface area contributed by atoms with E-state index >= 15 is 0 Å². The number of hydrogen-bond acceptors (Lipinski definition) is 6. The molecule has 1 aromatic carbocycles. The highest BCUT2D eigenvalue weighted by Gasteiger charge is 2.16. The molecule has 2 aromatic heterocycles. The van der Waals surface area contributed by atoms with Crippen molar-refractivity contribution in [1.82, 2.24) is 14.8 Å². The van der Waals surface area contributed by atoms with E-state index in [4.69, 9.17) is 20.8 Å². The van der Waals surface area contributed by atoms with Crippen molar-refractivity contribution < 1.29 is 14.3 Å². The van der Waals surface area contributed by atoms with Gasteiger partial charge in [0, 0.05) is 17.8 Å². The van der Waals surface area contributed by atoms with Gasteiger partial charge < -0.3 is 18.8 Å². The minimum atomic E-state index is -0.594. The number of nitrogens with zero attached hydrogens (tertiary/aromatic N) is 3. The lowest BCUT2D eigenvalue weighted by molar-refractivity contribution is 0.0397. The van der Waals surface area contributed by atoms with Crippen molar-refractivity contribution in [2.24, 2.45) is 7.05 Å². The number of hydrogen-bond donors (Lipinski definition) is 1. The number of aliphatic hydroxyl groups is 1. The molecular formula is C18H20ClN3O3S. The molecule has 6 nitrogen and oxygen atoms in total. The molecule has 1 N–H and O–H groups in total. The monoisotopic (exact) mass is 393 g/mol. The summed E-state index contributed by atoms with van der Waals surface area (Å²) in [7, 11) is 1.90. The van der Waals surface area contributed by atoms with Crippen LogP contribution in [0.1, 0.15) is 11.3 Å². The Bertz CT molecular complexity index is 848. The molecule has 0 aliphatic carbocycles. The molecule has 3 aromatic rings. The van der Waals surface area contributed by atoms with Gasteiger partial charge in [-0.1, -0.05) is 35.5 Å². The largest absolute Gasteiger partial charge is 0.469 e. The number of furan rings is 1. The molecule has 0 aliphatic heterocycles. The maximum atomic E-state index is 10.1. The SMILES string of the molecule is Cc1occc1-c1nnc(SC[C@H](O)COCc2ccc(Cl)cc2)n1C. The van der Waals surface area contributed by atoms with Crippen LogP contribution in [0.4, 0.5) is 0 Å². The zero-order valence-corrected chi connectivity index (χ0v) is 16.1. The fraction of sp³-hybridized carbons (Fsp3) is 0.333. The Morgan fingerprint density at radius 3 is 2.73 bits per heavy atom. The van der Waals surface area contributed by atoms with Gasteiger partial charge in [0.2, 0.25) is 0 Å². The summed E-state index contributed by atoms with van der Waals surface area (Å²) in [6.07, 6.45) is 1.04. The number of halogens is 1. The summed E-state index contributed by atoms with van der Waals surface area (Å²) in [4.78, 5) is 0. The fourth-order valence-electron chi connectivity index (χ4n) is 2.40. The molecule has 138 valence electrons. The lowest BCUT2D eigenvalue weighted by Crippen LogP contribution is -2.18. The van der Waals surface area contributed by atoms with Crippen LogP contribution < -0.4 is 0 Å². The van der Waals surface area contributed by atoms with Gasteiger partial charge in [0.05, 0.1) is 31.1 Å². The molecular weight excluding hydrogens is 374 g/mol. The zero-order valence-electron chi connectivity index (χ0n) is 14.6. The van der Waals surface area contributed by atoms with Crippen molar-refractivity contribution in [3.05, 3.63) is 52.9 Å². The highest BCUT2D eigenvalue weighted by molar-refractivity contribution is 7.99. The first kappa shape index (κ1) is 19.0. The topological polar surface area (TPSA) is 73.3 Å². The second kappa shape index (κ2) is 8.73. The maximum absolute atomic E-state index is 10.1. The van der Waals surface area contributed by atoms with E-state index in [0.29, 0.717) is 17.4 Å². The second-order valence-corrected chi connectivity index (χ2v) is 7.29. The molecule has 0 aliphatic rings. The van der Waals surface area contributed by atoms with E-state index in [1.807, 2.05) is 48.9 Å². The summed E-state index contributed by atoms with van der Waals surface area (Å²) in [6, 6.07) is 9.32. The Labute approximate surface area is 161 Å². The summed E-state index contributed by atoms with van der Waals surface area (Å²) in [6.45, 7) is 2.58. The van der Waals surface area contributed by atoms with Gasteiger partial charge in [-0.15, -0.1) is 10.2 Å². The number of aryl methyl sites for hydroxylation is 1. The fourth-order valence-corrected chi connectivity index (χ4v) is 3.35. The van der Waals surface area contributed by atoms with E-state index in [0.717, 1.165) is 27.9 Å². The van der Waals surface area contributed by atoms with Crippen LogP contribution in [0.15, 0.2) is 46.2 Å². The van der Waals surface area contributed by atoms with Crippen molar-refractivity contribution in [3.63, 3.8) is 0 Å². The average molecular weight is 394 g/mol. The van der Waals surface area contributed by atoms with Gasteiger partial charge in [0.1, 0.15) is 5.76 Å². The smallest absolute Gasteiger partial charge is 0.191 e. The number of aliphatic hydroxyl groups excluding tert-OH is 1. The van der Waals surface area contributed by atoms with Crippen molar-refractivity contribution >= 4 is 23.4 Å². The number of thioether (sulfide) groups is 1. The summed E-state index contributed by atoms with van der Waals surface area (Å²) in [5.74, 6) is 2.01. The van der Waals surface area contributed by atoms with E-state index in [1.54, 1.807) is 6.26 Å². The van der Waals surface area contributed by atoms with Crippen LogP contribution in [0.25, 0.3) is 11.4 Å². The first-order valence-electron chi connectivity index (χ1n) is 8.11. The van der Waals surface area contributed by atoms with Crippen LogP contribution in [-0.2, 0) is 18.4 Å². The van der Waals surface area contributed by atoms with Gasteiger partial charge in [-0.05, 0) is 30.7 Å². The highest BCUT2D eigenvalue weighted by atomic mass is 35.5. The van der Waals surface area contributed by atoms with E-state index in [2.05, 4.69) is 10.2 Å². The normalized spacial score (nSPS) is 12.5. The standard InChI is InChI=1S/C18H20ClN3O3S/c1-12-16(7-8-25-12)17-20-21-18(22(17)2)26-11-15(23)10-24-9-13-3-5-14(19)6-4-13/h3-8,15,23H,9-11H2,1-2H3/t15-/m1/s1. The van der Waals surface area contributed by atoms with Crippen LogP contribution in [0.3, 0.4) is 0 Å². The molecule has 26 heavy (non-hydrogen) atoms. The summed E-state index contributed by atoms with van der Waals surface area (Å²) >= 11 is 7.29. The van der Waals surface area contributed by atoms with E-state index in [-0.39, 0.29) is 6.61 Å². The lowest BCUT2D eigenvalue weighted by atomic mass is 10.2. The van der Waals surface area contributed by atoms with E-state index in [1.165, 1.54) is 11.8 Å². The third-order valence-corrected chi connectivity index (χ3v) is 5.25. The Kier molecular flexibility index (Phi) is 6.37. The predicted octanol–water partition coefficient (Wildman–Crippen LogP) is 3.71. The molecule has 3 rings (SSSR count). The summed E-state index contributed by atoms with van der Waals surface area (Å²) < 4.78 is 12.8. The zero-order chi connectivity index (χ0) is 18.5. The molecule has 1 atom stereocenters. The first-order valence-corrected chi connectivity index (χ1v) is 9.48. The van der Waals surface area contributed by atoms with Crippen LogP contribution in [0.5, 0.6) is 0 Å².